The molecule has 1 fully saturated rings. The molecule has 0 radical (unpaired) electrons. The lowest BCUT2D eigenvalue weighted by molar-refractivity contribution is -0.117. The molecule has 2 aromatic carbocycles. The number of hydrogen-bond donors (Lipinski definition) is 1. The van der Waals surface area contributed by atoms with E-state index in [1.807, 2.05) is 0 Å². The van der Waals surface area contributed by atoms with Crippen molar-refractivity contribution < 1.29 is 19.1 Å². The molecular weight excluding hydrogens is 412 g/mol. The third-order valence-corrected chi connectivity index (χ3v) is 5.14. The van der Waals surface area contributed by atoms with Crippen LogP contribution < -0.4 is 15.2 Å². The van der Waals surface area contributed by atoms with E-state index in [1.165, 1.54) is 17.4 Å². The van der Waals surface area contributed by atoms with E-state index in [0.717, 1.165) is 5.01 Å². The summed E-state index contributed by atoms with van der Waals surface area (Å²) in [6.45, 7) is 0. The van der Waals surface area contributed by atoms with Gasteiger partial charge in [0.15, 0.2) is 0 Å². The van der Waals surface area contributed by atoms with Crippen LogP contribution in [-0.2, 0) is 9.59 Å². The number of esters is 1. The van der Waals surface area contributed by atoms with Gasteiger partial charge >= 0.3 is 5.97 Å². The lowest BCUT2D eigenvalue weighted by Crippen LogP contribution is -2.35. The zero-order chi connectivity index (χ0) is 20.4. The molecule has 6 nitrogen and oxygen atoms in total. The summed E-state index contributed by atoms with van der Waals surface area (Å²) < 4.78 is 5.35. The van der Waals surface area contributed by atoms with E-state index in [9.17, 15) is 14.4 Å². The largest absolute Gasteiger partial charge is 0.422 e. The lowest BCUT2D eigenvalue weighted by atomic mass is 10.1. The van der Waals surface area contributed by atoms with Crippen LogP contribution >= 0.6 is 22.9 Å². The van der Waals surface area contributed by atoms with Gasteiger partial charge in [-0.15, -0.1) is 11.3 Å². The minimum absolute atomic E-state index is 0.0355. The standard InChI is InChI=1S/C21H13ClN2O4S/c22-14-5-2-6-15(12-14)24-20(26)17(19(25)23-24)11-13-4-1-7-16(10-13)28-21(27)18-8-3-9-29-18/h1-12H,(H,23,25)/b17-11-. The van der Waals surface area contributed by atoms with Crippen LogP contribution in [0.25, 0.3) is 6.08 Å². The smallest absolute Gasteiger partial charge is 0.353 e. The number of hydrazine groups is 1. The van der Waals surface area contributed by atoms with E-state index >= 15 is 0 Å². The Kier molecular flexibility index (Phi) is 5.16. The monoisotopic (exact) mass is 424 g/mol. The highest BCUT2D eigenvalue weighted by atomic mass is 35.5. The van der Waals surface area contributed by atoms with Crippen molar-refractivity contribution in [3.05, 3.63) is 87.1 Å². The van der Waals surface area contributed by atoms with E-state index in [-0.39, 0.29) is 5.57 Å². The topological polar surface area (TPSA) is 75.7 Å². The molecule has 1 N–H and O–H groups in total. The van der Waals surface area contributed by atoms with Gasteiger partial charge in [0, 0.05) is 5.02 Å². The zero-order valence-electron chi connectivity index (χ0n) is 14.8. The van der Waals surface area contributed by atoms with Crippen LogP contribution in [0.4, 0.5) is 5.69 Å². The summed E-state index contributed by atoms with van der Waals surface area (Å²) in [5.74, 6) is -1.18. The van der Waals surface area contributed by atoms with Crippen LogP contribution in [0.1, 0.15) is 15.2 Å². The Labute approximate surface area is 174 Å². The number of nitrogens with zero attached hydrogens (tertiary/aromatic N) is 1. The maximum absolute atomic E-state index is 12.7. The second kappa shape index (κ2) is 7.90. The number of hydrogen-bond acceptors (Lipinski definition) is 5. The summed E-state index contributed by atoms with van der Waals surface area (Å²) in [4.78, 5) is 37.6. The van der Waals surface area contributed by atoms with Crippen molar-refractivity contribution in [2.24, 2.45) is 0 Å². The lowest BCUT2D eigenvalue weighted by Gasteiger charge is -2.14. The molecule has 0 saturated carbocycles. The number of carbonyl (C=O) groups is 3. The second-order valence-corrected chi connectivity index (χ2v) is 7.44. The minimum atomic E-state index is -0.532. The van der Waals surface area contributed by atoms with Crippen LogP contribution in [0, 0.1) is 0 Å². The Bertz CT molecular complexity index is 1140. The zero-order valence-corrected chi connectivity index (χ0v) is 16.4. The van der Waals surface area contributed by atoms with Gasteiger partial charge in [0.1, 0.15) is 16.2 Å². The van der Waals surface area contributed by atoms with Crippen molar-refractivity contribution in [2.75, 3.05) is 5.01 Å². The predicted octanol–water partition coefficient (Wildman–Crippen LogP) is 4.08. The number of halogens is 1. The fraction of sp³-hybridized carbons (Fsp3) is 0. The minimum Gasteiger partial charge on any atom is -0.422 e. The summed E-state index contributed by atoms with van der Waals surface area (Å²) in [5, 5.41) is 3.37. The summed E-state index contributed by atoms with van der Waals surface area (Å²) in [5.41, 5.74) is 3.49. The van der Waals surface area contributed by atoms with Crippen LogP contribution in [-0.4, -0.2) is 17.8 Å². The molecule has 0 bridgehead atoms. The summed E-state index contributed by atoms with van der Waals surface area (Å²) >= 11 is 7.24. The van der Waals surface area contributed by atoms with Crippen molar-refractivity contribution in [2.45, 2.75) is 0 Å². The number of ether oxygens (including phenoxy) is 1. The third kappa shape index (κ3) is 4.06. The molecule has 0 atom stereocenters. The highest BCUT2D eigenvalue weighted by Gasteiger charge is 2.34. The number of thiophene rings is 1. The SMILES string of the molecule is O=C1NN(c2cccc(Cl)c2)C(=O)/C1=C\c1cccc(OC(=O)c2cccs2)c1. The molecule has 0 unspecified atom stereocenters. The van der Waals surface area contributed by atoms with Gasteiger partial charge in [-0.1, -0.05) is 35.9 Å². The van der Waals surface area contributed by atoms with Crippen LogP contribution in [0.5, 0.6) is 5.75 Å². The maximum Gasteiger partial charge on any atom is 0.353 e. The van der Waals surface area contributed by atoms with Crippen LogP contribution in [0.3, 0.4) is 0 Å². The van der Waals surface area contributed by atoms with Gasteiger partial charge in [-0.05, 0) is 53.4 Å². The van der Waals surface area contributed by atoms with Gasteiger partial charge in [0.25, 0.3) is 11.8 Å². The van der Waals surface area contributed by atoms with Gasteiger partial charge in [-0.3, -0.25) is 15.0 Å². The number of rotatable bonds is 4. The molecule has 1 aliphatic rings. The molecule has 4 rings (SSSR count). The van der Waals surface area contributed by atoms with Gasteiger partial charge < -0.3 is 4.74 Å². The highest BCUT2D eigenvalue weighted by molar-refractivity contribution is 7.12. The summed E-state index contributed by atoms with van der Waals surface area (Å²) in [6, 6.07) is 16.6. The van der Waals surface area contributed by atoms with Gasteiger partial charge in [-0.25, -0.2) is 9.80 Å². The number of nitrogens with one attached hydrogen (secondary N) is 1. The van der Waals surface area contributed by atoms with Crippen LogP contribution in [0.2, 0.25) is 5.02 Å². The predicted molar refractivity (Wildman–Crippen MR) is 111 cm³/mol. The van der Waals surface area contributed by atoms with Crippen molar-refractivity contribution in [3.8, 4) is 5.75 Å². The quantitative estimate of drug-likeness (QED) is 0.296. The molecule has 2 amide bonds. The third-order valence-electron chi connectivity index (χ3n) is 4.06. The van der Waals surface area contributed by atoms with Crippen molar-refractivity contribution in [3.63, 3.8) is 0 Å². The first kappa shape index (κ1) is 18.9. The first-order chi connectivity index (χ1) is 14.0. The van der Waals surface area contributed by atoms with E-state index in [4.69, 9.17) is 16.3 Å². The van der Waals surface area contributed by atoms with Gasteiger partial charge in [-0.2, -0.15) is 0 Å². The fourth-order valence-electron chi connectivity index (χ4n) is 2.74. The highest BCUT2D eigenvalue weighted by Crippen LogP contribution is 2.25. The van der Waals surface area contributed by atoms with E-state index in [1.54, 1.807) is 66.0 Å². The Morgan fingerprint density at radius 1 is 1.07 bits per heavy atom. The molecule has 29 heavy (non-hydrogen) atoms. The van der Waals surface area contributed by atoms with E-state index in [2.05, 4.69) is 5.43 Å². The van der Waals surface area contributed by atoms with Crippen molar-refractivity contribution >= 4 is 52.5 Å². The Hall–Kier alpha value is -3.42. The molecule has 1 aliphatic heterocycles. The summed E-state index contributed by atoms with van der Waals surface area (Å²) in [6.07, 6.45) is 1.45. The number of benzene rings is 2. The average Bonchev–Trinajstić information content (AvgIpc) is 3.33. The first-order valence-electron chi connectivity index (χ1n) is 8.50. The van der Waals surface area contributed by atoms with Crippen LogP contribution in [0.15, 0.2) is 71.6 Å². The normalized spacial score (nSPS) is 14.9. The maximum atomic E-state index is 12.7. The van der Waals surface area contributed by atoms with Gasteiger partial charge in [0.2, 0.25) is 0 Å². The molecule has 144 valence electrons. The number of anilines is 1. The molecule has 8 heteroatoms. The van der Waals surface area contributed by atoms with Crippen molar-refractivity contribution in [1.29, 1.82) is 0 Å². The molecule has 3 aromatic rings. The second-order valence-electron chi connectivity index (χ2n) is 6.06. The van der Waals surface area contributed by atoms with E-state index < -0.39 is 17.8 Å². The first-order valence-corrected chi connectivity index (χ1v) is 9.75. The Balaban J connectivity index is 1.57. The molecule has 0 aliphatic carbocycles. The molecule has 1 aromatic heterocycles. The fourth-order valence-corrected chi connectivity index (χ4v) is 3.52. The molecular formula is C21H13ClN2O4S. The van der Waals surface area contributed by atoms with Crippen molar-refractivity contribution in [1.82, 2.24) is 5.43 Å². The molecule has 1 saturated heterocycles. The molecule has 2 heterocycles. The summed E-state index contributed by atoms with van der Waals surface area (Å²) in [7, 11) is 0. The van der Waals surface area contributed by atoms with Gasteiger partial charge in [0.05, 0.1) is 5.69 Å². The Morgan fingerprint density at radius 2 is 1.90 bits per heavy atom. The Morgan fingerprint density at radius 3 is 2.66 bits per heavy atom. The average molecular weight is 425 g/mol. The molecule has 0 spiro atoms. The van der Waals surface area contributed by atoms with E-state index in [0.29, 0.717) is 26.9 Å². The number of amides is 2. The number of carbonyl (C=O) groups excluding carboxylic acids is 3.